The quantitative estimate of drug-likeness (QED) is 0.302. The molecule has 6 fully saturated rings. The number of hydrogen-bond acceptors (Lipinski definition) is 9. The number of benzene rings is 1. The maximum absolute atomic E-state index is 14.9. The van der Waals surface area contributed by atoms with E-state index >= 15 is 0 Å². The Morgan fingerprint density at radius 1 is 0.877 bits per heavy atom. The van der Waals surface area contributed by atoms with Crippen molar-refractivity contribution in [2.24, 2.45) is 29.1 Å². The first-order chi connectivity index (χ1) is 27.5. The van der Waals surface area contributed by atoms with Gasteiger partial charge in [0.25, 0.3) is 0 Å². The number of rotatable bonds is 8. The molecular formula is C43H54N4O9S. The van der Waals surface area contributed by atoms with Crippen LogP contribution in [-0.4, -0.2) is 78.1 Å². The van der Waals surface area contributed by atoms with E-state index in [9.17, 15) is 32.4 Å². The molecule has 1 saturated heterocycles. The first-order valence-electron chi connectivity index (χ1n) is 21.3. The number of carbonyl (C=O) groups is 4. The van der Waals surface area contributed by atoms with Crippen LogP contribution >= 0.6 is 0 Å². The number of alkyl carbamates (subject to hydrolysis) is 1. The van der Waals surface area contributed by atoms with Gasteiger partial charge in [-0.3, -0.25) is 23.9 Å². The Morgan fingerprint density at radius 3 is 2.42 bits per heavy atom. The van der Waals surface area contributed by atoms with E-state index < -0.39 is 56.8 Å². The number of Topliss-reactive ketones (excluding diaryl/α,β-unsaturated/α-hetero) is 1. The molecule has 2 aromatic rings. The van der Waals surface area contributed by atoms with Crippen LogP contribution in [0, 0.1) is 29.1 Å². The summed E-state index contributed by atoms with van der Waals surface area (Å²) in [5.74, 6) is -0.869. The van der Waals surface area contributed by atoms with Crippen molar-refractivity contribution >= 4 is 44.6 Å². The van der Waals surface area contributed by atoms with Gasteiger partial charge in [0.15, 0.2) is 17.1 Å². The van der Waals surface area contributed by atoms with Gasteiger partial charge in [-0.25, -0.2) is 13.2 Å². The molecule has 13 nitrogen and oxygen atoms in total. The highest BCUT2D eigenvalue weighted by molar-refractivity contribution is 7.90. The third-order valence-electron chi connectivity index (χ3n) is 14.1. The van der Waals surface area contributed by atoms with Crippen LogP contribution in [0.1, 0.15) is 108 Å². The van der Waals surface area contributed by atoms with Gasteiger partial charge >= 0.3 is 6.09 Å². The molecule has 7 aliphatic rings. The van der Waals surface area contributed by atoms with Crippen molar-refractivity contribution in [3.8, 4) is 5.88 Å². The predicted molar refractivity (Wildman–Crippen MR) is 211 cm³/mol. The van der Waals surface area contributed by atoms with Gasteiger partial charge in [-0.1, -0.05) is 37.1 Å². The number of ether oxygens (including phenoxy) is 2. The molecule has 306 valence electrons. The number of sulfonamides is 1. The molecular weight excluding hydrogens is 749 g/mol. The fourth-order valence-electron chi connectivity index (χ4n) is 10.5. The van der Waals surface area contributed by atoms with E-state index in [1.165, 1.54) is 4.90 Å². The van der Waals surface area contributed by atoms with Crippen molar-refractivity contribution in [1.29, 1.82) is 0 Å². The average Bonchev–Trinajstić information content (AvgIpc) is 4.15. The highest BCUT2D eigenvalue weighted by atomic mass is 32.2. The van der Waals surface area contributed by atoms with E-state index in [0.717, 1.165) is 70.6 Å². The van der Waals surface area contributed by atoms with Gasteiger partial charge in [-0.2, -0.15) is 0 Å². The minimum atomic E-state index is -3.83. The number of nitrogens with one attached hydrogen (secondary N) is 3. The number of carbonyl (C=O) groups excluding carboxylic acids is 4. The first-order valence-corrected chi connectivity index (χ1v) is 22.9. The molecule has 7 atom stereocenters. The molecule has 14 heteroatoms. The van der Waals surface area contributed by atoms with Gasteiger partial charge in [0.05, 0.1) is 34.3 Å². The summed E-state index contributed by atoms with van der Waals surface area (Å²) < 4.78 is 40.9. The van der Waals surface area contributed by atoms with Crippen LogP contribution in [0.5, 0.6) is 5.88 Å². The first kappa shape index (κ1) is 38.3. The van der Waals surface area contributed by atoms with Crippen molar-refractivity contribution in [2.75, 3.05) is 6.54 Å². The zero-order chi connectivity index (χ0) is 39.5. The summed E-state index contributed by atoms with van der Waals surface area (Å²) in [4.78, 5) is 76.0. The number of nitrogens with zero attached hydrogens (tertiary/aromatic N) is 1. The molecule has 1 aromatic carbocycles. The lowest BCUT2D eigenvalue weighted by molar-refractivity contribution is -0.141. The number of ketones is 1. The largest absolute Gasteiger partial charge is 0.473 e. The second kappa shape index (κ2) is 15.2. The molecule has 2 aliphatic heterocycles. The van der Waals surface area contributed by atoms with Crippen LogP contribution in [0.25, 0.3) is 10.9 Å². The summed E-state index contributed by atoms with van der Waals surface area (Å²) in [6, 6.07) is 5.33. The lowest BCUT2D eigenvalue weighted by atomic mass is 9.90. The van der Waals surface area contributed by atoms with Gasteiger partial charge in [0.1, 0.15) is 18.2 Å². The summed E-state index contributed by atoms with van der Waals surface area (Å²) in [5.41, 5.74) is -0.251. The van der Waals surface area contributed by atoms with E-state index in [4.69, 9.17) is 9.47 Å². The van der Waals surface area contributed by atoms with Crippen molar-refractivity contribution in [3.63, 3.8) is 0 Å². The number of aromatic nitrogens is 1. The van der Waals surface area contributed by atoms with E-state index in [1.54, 1.807) is 6.07 Å². The van der Waals surface area contributed by atoms with Gasteiger partial charge in [-0.05, 0) is 119 Å². The van der Waals surface area contributed by atoms with Crippen molar-refractivity contribution < 1.29 is 37.1 Å². The molecule has 3 amide bonds. The second-order valence-corrected chi connectivity index (χ2v) is 19.9. The van der Waals surface area contributed by atoms with Crippen LogP contribution in [0.2, 0.25) is 0 Å². The van der Waals surface area contributed by atoms with Gasteiger partial charge in [0.2, 0.25) is 21.8 Å². The SMILES string of the molecule is O=C1N[C@@H](C2CCCC2)C(=O)N2C[C@@H](C[C@H]2C(=O)C[C@]2(C(=O)NS(=O)(=O)C3CC3)C[C@H]2C2CC2)Oc2[nH]c3ccccc3c(=O)c2C/C=C/CC[C@@H]2CCC[C@H]2O1. The molecule has 5 saturated carbocycles. The lowest BCUT2D eigenvalue weighted by Gasteiger charge is -2.32. The molecule has 0 radical (unpaired) electrons. The Morgan fingerprint density at radius 2 is 1.65 bits per heavy atom. The molecule has 57 heavy (non-hydrogen) atoms. The summed E-state index contributed by atoms with van der Waals surface area (Å²) in [7, 11) is -3.83. The number of allylic oxidation sites excluding steroid dienone is 2. The van der Waals surface area contributed by atoms with Gasteiger partial charge in [0, 0.05) is 18.2 Å². The smallest absolute Gasteiger partial charge is 0.408 e. The lowest BCUT2D eigenvalue weighted by Crippen LogP contribution is -2.55. The Bertz CT molecular complexity index is 2140. The molecule has 2 bridgehead atoms. The number of pyridine rings is 1. The van der Waals surface area contributed by atoms with Crippen LogP contribution in [0.4, 0.5) is 4.79 Å². The van der Waals surface area contributed by atoms with Gasteiger partial charge in [-0.15, -0.1) is 0 Å². The number of para-hydroxylation sites is 1. The molecule has 9 rings (SSSR count). The standard InChI is InChI=1S/C43H54N4O9S/c48-35(23-43(22-32(43)25-17-18-25)41(51)46-57(53,54)29-19-20-29)34-21-28-24-47(34)40(50)37(27-10-4-5-11-27)45-42(52)56-36-16-8-12-26(36)9-2-1-3-14-31-38(49)30-13-6-7-15-33(30)44-39(31)55-28/h1,3,6-7,13,15,25-29,32,34,36-37H,2,4-5,8-12,14,16-24H2,(H,44,49)(H,45,52)(H,46,51)/b3-1+/t26-,28-,32+,34+,36-,37+,43-/m1/s1. The second-order valence-electron chi connectivity index (χ2n) is 18.0. The fourth-order valence-corrected chi connectivity index (χ4v) is 11.9. The Balaban J connectivity index is 1.06. The van der Waals surface area contributed by atoms with Crippen molar-refractivity contribution in [1.82, 2.24) is 19.9 Å². The molecule has 5 aliphatic carbocycles. The fraction of sp³-hybridized carbons (Fsp3) is 0.651. The number of H-pyrrole nitrogens is 1. The maximum Gasteiger partial charge on any atom is 0.408 e. The van der Waals surface area contributed by atoms with Crippen LogP contribution in [-0.2, 0) is 35.6 Å². The molecule has 0 unspecified atom stereocenters. The Labute approximate surface area is 333 Å². The number of amides is 3. The zero-order valence-electron chi connectivity index (χ0n) is 32.4. The summed E-state index contributed by atoms with van der Waals surface area (Å²) in [6.07, 6.45) is 13.5. The van der Waals surface area contributed by atoms with Crippen LogP contribution < -0.4 is 20.2 Å². The van der Waals surface area contributed by atoms with E-state index in [1.807, 2.05) is 24.3 Å². The topological polar surface area (TPSA) is 181 Å². The molecule has 1 aromatic heterocycles. The minimum Gasteiger partial charge on any atom is -0.473 e. The molecule has 3 N–H and O–H groups in total. The normalized spacial score (nSPS) is 32.9. The van der Waals surface area contributed by atoms with E-state index in [-0.39, 0.29) is 66.3 Å². The number of fused-ring (bicyclic) bond motifs is 5. The van der Waals surface area contributed by atoms with Crippen molar-refractivity contribution in [3.05, 3.63) is 52.2 Å². The summed E-state index contributed by atoms with van der Waals surface area (Å²) in [6.45, 7) is 0.0192. The summed E-state index contributed by atoms with van der Waals surface area (Å²) >= 11 is 0. The Hall–Kier alpha value is -4.20. The third kappa shape index (κ3) is 7.74. The maximum atomic E-state index is 14.9. The monoisotopic (exact) mass is 802 g/mol. The molecule has 0 spiro atoms. The van der Waals surface area contributed by atoms with Crippen molar-refractivity contribution in [2.45, 2.75) is 139 Å². The van der Waals surface area contributed by atoms with Crippen LogP contribution in [0.3, 0.4) is 0 Å². The predicted octanol–water partition coefficient (Wildman–Crippen LogP) is 5.21. The zero-order valence-corrected chi connectivity index (χ0v) is 33.2. The minimum absolute atomic E-state index is 0.0192. The Kier molecular flexibility index (Phi) is 10.2. The third-order valence-corrected chi connectivity index (χ3v) is 15.9. The highest BCUT2D eigenvalue weighted by Crippen LogP contribution is 2.65. The van der Waals surface area contributed by atoms with E-state index in [2.05, 4.69) is 21.1 Å². The van der Waals surface area contributed by atoms with Gasteiger partial charge < -0.3 is 24.7 Å². The van der Waals surface area contributed by atoms with Crippen LogP contribution in [0.15, 0.2) is 41.2 Å². The summed E-state index contributed by atoms with van der Waals surface area (Å²) in [5, 5.41) is 2.92. The average molecular weight is 803 g/mol. The molecule has 3 heterocycles. The van der Waals surface area contributed by atoms with E-state index in [0.29, 0.717) is 42.1 Å². The number of aromatic amines is 1. The number of hydrogen-bond donors (Lipinski definition) is 3. The highest BCUT2D eigenvalue weighted by Gasteiger charge is 2.66.